The molecule has 0 radical (unpaired) electrons. The highest BCUT2D eigenvalue weighted by Gasteiger charge is 2.20. The molecule has 0 spiro atoms. The molecule has 1 rings (SSSR count). The Morgan fingerprint density at radius 3 is 2.19 bits per heavy atom. The maximum absolute atomic E-state index is 11.8. The molecule has 26 heavy (non-hydrogen) atoms. The van der Waals surface area contributed by atoms with Crippen LogP contribution in [0, 0.1) is 5.41 Å². The van der Waals surface area contributed by atoms with Crippen molar-refractivity contribution < 1.29 is 9.53 Å². The molecule has 0 bridgehead atoms. The fourth-order valence-electron chi connectivity index (χ4n) is 2.35. The van der Waals surface area contributed by atoms with Crippen LogP contribution in [0.4, 0.5) is 0 Å². The van der Waals surface area contributed by atoms with E-state index < -0.39 is 0 Å². The fraction of sp³-hybridized carbons (Fsp3) is 0.600. The summed E-state index contributed by atoms with van der Waals surface area (Å²) in [5, 5.41) is 9.44. The van der Waals surface area contributed by atoms with Gasteiger partial charge in [0, 0.05) is 32.1 Å². The first-order chi connectivity index (χ1) is 12.3. The van der Waals surface area contributed by atoms with Crippen LogP contribution < -0.4 is 20.7 Å². The average Bonchev–Trinajstić information content (AvgIpc) is 2.62. The molecule has 0 saturated heterocycles. The van der Waals surface area contributed by atoms with E-state index in [1.165, 1.54) is 5.56 Å². The summed E-state index contributed by atoms with van der Waals surface area (Å²) in [5.41, 5.74) is 0.929. The predicted molar refractivity (Wildman–Crippen MR) is 108 cm³/mol. The number of rotatable bonds is 8. The summed E-state index contributed by atoms with van der Waals surface area (Å²) in [5.74, 6) is 2.12. The van der Waals surface area contributed by atoms with E-state index in [0.29, 0.717) is 19.0 Å². The van der Waals surface area contributed by atoms with E-state index in [-0.39, 0.29) is 11.3 Å². The highest BCUT2D eigenvalue weighted by Crippen LogP contribution is 2.21. The molecule has 1 aromatic carbocycles. The first-order valence-corrected chi connectivity index (χ1v) is 9.14. The maximum Gasteiger partial charge on any atom is 0.225 e. The van der Waals surface area contributed by atoms with Crippen LogP contribution in [0.15, 0.2) is 29.3 Å². The first-order valence-electron chi connectivity index (χ1n) is 9.14. The van der Waals surface area contributed by atoms with Crippen LogP contribution in [0.3, 0.4) is 0 Å². The third kappa shape index (κ3) is 7.76. The summed E-state index contributed by atoms with van der Waals surface area (Å²) >= 11 is 0. The number of ether oxygens (including phenoxy) is 1. The van der Waals surface area contributed by atoms with Gasteiger partial charge in [0.1, 0.15) is 5.75 Å². The minimum Gasteiger partial charge on any atom is -0.497 e. The highest BCUT2D eigenvalue weighted by atomic mass is 16.5. The molecule has 0 aromatic heterocycles. The molecular weight excluding hydrogens is 328 g/mol. The van der Waals surface area contributed by atoms with Crippen molar-refractivity contribution in [1.29, 1.82) is 0 Å². The molecule has 3 N–H and O–H groups in total. The Hall–Kier alpha value is -2.24. The van der Waals surface area contributed by atoms with Crippen LogP contribution in [0.5, 0.6) is 5.75 Å². The number of amides is 1. The highest BCUT2D eigenvalue weighted by molar-refractivity contribution is 5.81. The van der Waals surface area contributed by atoms with Crippen LogP contribution in [0.1, 0.15) is 45.6 Å². The number of methoxy groups -OCH3 is 1. The summed E-state index contributed by atoms with van der Waals surface area (Å²) in [4.78, 5) is 16.0. The normalized spacial score (nSPS) is 13.1. The second kappa shape index (κ2) is 10.7. The molecule has 146 valence electrons. The lowest BCUT2D eigenvalue weighted by Gasteiger charge is -2.18. The molecule has 0 aliphatic carbocycles. The number of carbonyl (C=O) groups excluding carboxylic acids is 1. The van der Waals surface area contributed by atoms with Crippen molar-refractivity contribution in [2.75, 3.05) is 33.8 Å². The molecule has 6 nitrogen and oxygen atoms in total. The van der Waals surface area contributed by atoms with Gasteiger partial charge in [-0.3, -0.25) is 9.79 Å². The predicted octanol–water partition coefficient (Wildman–Crippen LogP) is 2.52. The van der Waals surface area contributed by atoms with Crippen molar-refractivity contribution in [3.63, 3.8) is 0 Å². The van der Waals surface area contributed by atoms with E-state index >= 15 is 0 Å². The van der Waals surface area contributed by atoms with Crippen LogP contribution in [0.25, 0.3) is 0 Å². The minimum absolute atomic E-state index is 0.0514. The van der Waals surface area contributed by atoms with Crippen molar-refractivity contribution in [3.8, 4) is 5.75 Å². The van der Waals surface area contributed by atoms with Crippen molar-refractivity contribution in [2.45, 2.75) is 40.0 Å². The van der Waals surface area contributed by atoms with Gasteiger partial charge in [-0.25, -0.2) is 0 Å². The summed E-state index contributed by atoms with van der Waals surface area (Å²) in [6.45, 7) is 9.94. The van der Waals surface area contributed by atoms with Crippen molar-refractivity contribution >= 4 is 11.9 Å². The number of guanidine groups is 1. The maximum atomic E-state index is 11.8. The Labute approximate surface area is 157 Å². The monoisotopic (exact) mass is 362 g/mol. The standard InChI is InChI=1S/C20H34N4O2/c1-15(16-7-9-17(26-6)10-8-16)11-12-23-19(21-5)24-14-13-22-18(25)20(2,3)4/h7-10,15H,11-14H2,1-6H3,(H,22,25)(H2,21,23,24). The molecule has 6 heteroatoms. The van der Waals surface area contributed by atoms with Gasteiger partial charge in [0.15, 0.2) is 5.96 Å². The number of carbonyl (C=O) groups is 1. The van der Waals surface area contributed by atoms with Gasteiger partial charge >= 0.3 is 0 Å². The number of hydrogen-bond donors (Lipinski definition) is 3. The lowest BCUT2D eigenvalue weighted by Crippen LogP contribution is -2.43. The van der Waals surface area contributed by atoms with Crippen LogP contribution in [-0.4, -0.2) is 45.7 Å². The van der Waals surface area contributed by atoms with Crippen LogP contribution in [-0.2, 0) is 4.79 Å². The lowest BCUT2D eigenvalue weighted by atomic mass is 9.96. The van der Waals surface area contributed by atoms with E-state index in [1.54, 1.807) is 14.2 Å². The molecule has 0 saturated carbocycles. The molecule has 1 amide bonds. The zero-order chi connectivity index (χ0) is 19.6. The zero-order valence-electron chi connectivity index (χ0n) is 17.0. The molecule has 1 atom stereocenters. The molecule has 0 fully saturated rings. The minimum atomic E-state index is -0.364. The second-order valence-electron chi connectivity index (χ2n) is 7.39. The second-order valence-corrected chi connectivity index (χ2v) is 7.39. The van der Waals surface area contributed by atoms with Crippen molar-refractivity contribution in [3.05, 3.63) is 29.8 Å². The average molecular weight is 363 g/mol. The Kier molecular flexibility index (Phi) is 8.96. The molecule has 0 aliphatic rings. The van der Waals surface area contributed by atoms with Gasteiger partial charge in [-0.05, 0) is 30.0 Å². The number of hydrogen-bond acceptors (Lipinski definition) is 3. The van der Waals surface area contributed by atoms with E-state index in [4.69, 9.17) is 4.74 Å². The summed E-state index contributed by atoms with van der Waals surface area (Å²) in [6, 6.07) is 8.19. The molecule has 1 unspecified atom stereocenters. The molecular formula is C20H34N4O2. The van der Waals surface area contributed by atoms with E-state index in [2.05, 4.69) is 40.0 Å². The fourth-order valence-corrected chi connectivity index (χ4v) is 2.35. The lowest BCUT2D eigenvalue weighted by molar-refractivity contribution is -0.128. The van der Waals surface area contributed by atoms with Gasteiger partial charge in [0.25, 0.3) is 0 Å². The summed E-state index contributed by atoms with van der Waals surface area (Å²) in [6.07, 6.45) is 0.994. The van der Waals surface area contributed by atoms with Crippen LogP contribution in [0.2, 0.25) is 0 Å². The Bertz CT molecular complexity index is 576. The SMILES string of the molecule is CN=C(NCCNC(=O)C(C)(C)C)NCCC(C)c1ccc(OC)cc1. The van der Waals surface area contributed by atoms with Crippen molar-refractivity contribution in [1.82, 2.24) is 16.0 Å². The summed E-state index contributed by atoms with van der Waals surface area (Å²) in [7, 11) is 3.42. The third-order valence-electron chi connectivity index (χ3n) is 4.16. The Morgan fingerprint density at radius 2 is 1.65 bits per heavy atom. The molecule has 0 heterocycles. The Balaban J connectivity index is 2.28. The number of aliphatic imine (C=N–C) groups is 1. The quantitative estimate of drug-likeness (QED) is 0.377. The summed E-state index contributed by atoms with van der Waals surface area (Å²) < 4.78 is 5.19. The van der Waals surface area contributed by atoms with Gasteiger partial charge in [-0.2, -0.15) is 0 Å². The zero-order valence-corrected chi connectivity index (χ0v) is 17.0. The van der Waals surface area contributed by atoms with E-state index in [1.807, 2.05) is 32.9 Å². The Morgan fingerprint density at radius 1 is 1.08 bits per heavy atom. The third-order valence-corrected chi connectivity index (χ3v) is 4.16. The largest absolute Gasteiger partial charge is 0.497 e. The molecule has 1 aromatic rings. The smallest absolute Gasteiger partial charge is 0.225 e. The van der Waals surface area contributed by atoms with E-state index in [0.717, 1.165) is 24.7 Å². The van der Waals surface area contributed by atoms with Gasteiger partial charge in [0.2, 0.25) is 5.91 Å². The van der Waals surface area contributed by atoms with Gasteiger partial charge in [-0.1, -0.05) is 39.8 Å². The van der Waals surface area contributed by atoms with E-state index in [9.17, 15) is 4.79 Å². The number of nitrogens with zero attached hydrogens (tertiary/aromatic N) is 1. The van der Waals surface area contributed by atoms with Crippen molar-refractivity contribution in [2.24, 2.45) is 10.4 Å². The number of nitrogens with one attached hydrogen (secondary N) is 3. The molecule has 0 aliphatic heterocycles. The van der Waals surface area contributed by atoms with Gasteiger partial charge in [0.05, 0.1) is 7.11 Å². The topological polar surface area (TPSA) is 74.8 Å². The van der Waals surface area contributed by atoms with Crippen LogP contribution >= 0.6 is 0 Å². The van der Waals surface area contributed by atoms with Gasteiger partial charge < -0.3 is 20.7 Å². The first kappa shape index (κ1) is 21.8. The number of benzene rings is 1. The van der Waals surface area contributed by atoms with Gasteiger partial charge in [-0.15, -0.1) is 0 Å².